The number of likely N-dealkylation sites (tertiary alicyclic amines) is 1. The number of carbonyl (C=O) groups is 2. The van der Waals surface area contributed by atoms with Crippen molar-refractivity contribution >= 4 is 12.0 Å². The van der Waals surface area contributed by atoms with Crippen LogP contribution < -0.4 is 10.1 Å². The summed E-state index contributed by atoms with van der Waals surface area (Å²) in [5.74, 6) is 0.414. The van der Waals surface area contributed by atoms with Gasteiger partial charge in [-0.15, -0.1) is 0 Å². The number of para-hydroxylation sites is 1. The minimum atomic E-state index is -0.603. The summed E-state index contributed by atoms with van der Waals surface area (Å²) in [4.78, 5) is 25.7. The van der Waals surface area contributed by atoms with Crippen molar-refractivity contribution in [3.05, 3.63) is 30.3 Å². The van der Waals surface area contributed by atoms with Crippen molar-refractivity contribution in [1.29, 1.82) is 0 Å². The third-order valence-corrected chi connectivity index (χ3v) is 3.33. The van der Waals surface area contributed by atoms with Crippen LogP contribution in [0.3, 0.4) is 0 Å². The van der Waals surface area contributed by atoms with E-state index < -0.39 is 12.1 Å². The second-order valence-electron chi connectivity index (χ2n) is 4.95. The number of amides is 2. The van der Waals surface area contributed by atoms with E-state index in [2.05, 4.69) is 5.32 Å². The zero-order valence-electron chi connectivity index (χ0n) is 11.7. The van der Waals surface area contributed by atoms with Gasteiger partial charge in [-0.3, -0.25) is 4.79 Å². The molecule has 0 bridgehead atoms. The Morgan fingerprint density at radius 3 is 2.45 bits per heavy atom. The minimum absolute atomic E-state index is 0.0466. The first kappa shape index (κ1) is 14.4. The van der Waals surface area contributed by atoms with Crippen molar-refractivity contribution in [2.45, 2.75) is 32.2 Å². The Hall–Kier alpha value is -2.04. The summed E-state index contributed by atoms with van der Waals surface area (Å²) in [7, 11) is 0. The summed E-state index contributed by atoms with van der Waals surface area (Å²) in [6, 6.07) is 8.22. The molecule has 1 aromatic rings. The third kappa shape index (κ3) is 3.98. The van der Waals surface area contributed by atoms with Crippen molar-refractivity contribution in [2.24, 2.45) is 0 Å². The monoisotopic (exact) mass is 276 g/mol. The number of hydrogen-bond donors (Lipinski definition) is 1. The van der Waals surface area contributed by atoms with Crippen LogP contribution >= 0.6 is 0 Å². The fourth-order valence-corrected chi connectivity index (χ4v) is 2.25. The lowest BCUT2D eigenvalue weighted by molar-refractivity contribution is -0.133. The summed E-state index contributed by atoms with van der Waals surface area (Å²) >= 11 is 0. The highest BCUT2D eigenvalue weighted by atomic mass is 16.6. The van der Waals surface area contributed by atoms with Gasteiger partial charge in [-0.1, -0.05) is 18.2 Å². The van der Waals surface area contributed by atoms with E-state index in [0.29, 0.717) is 5.75 Å². The van der Waals surface area contributed by atoms with Crippen LogP contribution in [-0.4, -0.2) is 36.0 Å². The van der Waals surface area contributed by atoms with E-state index in [4.69, 9.17) is 4.74 Å². The van der Waals surface area contributed by atoms with E-state index in [-0.39, 0.29) is 5.91 Å². The number of carbonyl (C=O) groups excluding carboxylic acids is 2. The highest BCUT2D eigenvalue weighted by Gasteiger charge is 2.23. The molecule has 1 heterocycles. The van der Waals surface area contributed by atoms with E-state index in [9.17, 15) is 9.59 Å². The molecule has 1 aliphatic heterocycles. The van der Waals surface area contributed by atoms with Crippen molar-refractivity contribution in [2.75, 3.05) is 13.1 Å². The van der Waals surface area contributed by atoms with Crippen LogP contribution in [0, 0.1) is 0 Å². The smallest absolute Gasteiger partial charge is 0.410 e. The molecular weight excluding hydrogens is 256 g/mol. The van der Waals surface area contributed by atoms with Gasteiger partial charge in [-0.25, -0.2) is 4.79 Å². The van der Waals surface area contributed by atoms with Gasteiger partial charge in [0.25, 0.3) is 0 Å². The van der Waals surface area contributed by atoms with Crippen molar-refractivity contribution in [1.82, 2.24) is 10.2 Å². The van der Waals surface area contributed by atoms with Gasteiger partial charge in [-0.05, 0) is 38.3 Å². The summed E-state index contributed by atoms with van der Waals surface area (Å²) in [6.45, 7) is 3.24. The summed E-state index contributed by atoms with van der Waals surface area (Å²) < 4.78 is 5.10. The van der Waals surface area contributed by atoms with Crippen molar-refractivity contribution in [3.8, 4) is 5.75 Å². The van der Waals surface area contributed by atoms with Gasteiger partial charge in [0, 0.05) is 13.1 Å². The molecule has 1 aromatic carbocycles. The molecule has 1 N–H and O–H groups in total. The molecule has 1 fully saturated rings. The first-order valence-electron chi connectivity index (χ1n) is 6.99. The molecule has 5 heteroatoms. The standard InChI is InChI=1S/C15H20N2O3/c1-12(14(18)17-10-6-3-7-11-17)16-15(19)20-13-8-4-2-5-9-13/h2,4-5,8-9,12H,3,6-7,10-11H2,1H3,(H,16,19)/t12-/m0/s1. The first-order chi connectivity index (χ1) is 9.66. The van der Waals surface area contributed by atoms with Gasteiger partial charge in [-0.2, -0.15) is 0 Å². The molecule has 2 rings (SSSR count). The Morgan fingerprint density at radius 2 is 1.80 bits per heavy atom. The largest absolute Gasteiger partial charge is 0.413 e. The number of rotatable bonds is 3. The zero-order valence-corrected chi connectivity index (χ0v) is 11.7. The lowest BCUT2D eigenvalue weighted by atomic mass is 10.1. The van der Waals surface area contributed by atoms with Gasteiger partial charge in [0.05, 0.1) is 0 Å². The number of benzene rings is 1. The van der Waals surface area contributed by atoms with Gasteiger partial charge in [0.1, 0.15) is 11.8 Å². The maximum absolute atomic E-state index is 12.1. The summed E-state index contributed by atoms with van der Waals surface area (Å²) in [6.07, 6.45) is 2.63. The molecule has 0 aliphatic carbocycles. The molecule has 0 radical (unpaired) electrons. The fourth-order valence-electron chi connectivity index (χ4n) is 2.25. The summed E-state index contributed by atoms with van der Waals surface area (Å²) in [5, 5.41) is 2.57. The van der Waals surface area contributed by atoms with Crippen LogP contribution in [-0.2, 0) is 4.79 Å². The number of hydrogen-bond acceptors (Lipinski definition) is 3. The first-order valence-corrected chi connectivity index (χ1v) is 6.99. The molecule has 0 aromatic heterocycles. The third-order valence-electron chi connectivity index (χ3n) is 3.33. The topological polar surface area (TPSA) is 58.6 Å². The van der Waals surface area contributed by atoms with E-state index in [0.717, 1.165) is 25.9 Å². The fraction of sp³-hybridized carbons (Fsp3) is 0.467. The average Bonchev–Trinajstić information content (AvgIpc) is 2.48. The van der Waals surface area contributed by atoms with Crippen LogP contribution in [0.25, 0.3) is 0 Å². The second-order valence-corrected chi connectivity index (χ2v) is 4.95. The Kier molecular flexibility index (Phi) is 4.98. The maximum Gasteiger partial charge on any atom is 0.413 e. The number of piperidine rings is 1. The molecular formula is C15H20N2O3. The highest BCUT2D eigenvalue weighted by Crippen LogP contribution is 2.11. The molecule has 2 amide bonds. The van der Waals surface area contributed by atoms with E-state index in [1.165, 1.54) is 6.42 Å². The van der Waals surface area contributed by atoms with Crippen LogP contribution in [0.15, 0.2) is 30.3 Å². The van der Waals surface area contributed by atoms with E-state index in [1.54, 1.807) is 36.1 Å². The Bertz CT molecular complexity index is 455. The highest BCUT2D eigenvalue weighted by molar-refractivity contribution is 5.85. The van der Waals surface area contributed by atoms with Gasteiger partial charge >= 0.3 is 6.09 Å². The van der Waals surface area contributed by atoms with Crippen LogP contribution in [0.1, 0.15) is 26.2 Å². The second kappa shape index (κ2) is 6.93. The van der Waals surface area contributed by atoms with Gasteiger partial charge < -0.3 is 15.0 Å². The predicted molar refractivity (Wildman–Crippen MR) is 75.5 cm³/mol. The molecule has 20 heavy (non-hydrogen) atoms. The van der Waals surface area contributed by atoms with E-state index >= 15 is 0 Å². The van der Waals surface area contributed by atoms with Crippen molar-refractivity contribution < 1.29 is 14.3 Å². The minimum Gasteiger partial charge on any atom is -0.410 e. The van der Waals surface area contributed by atoms with Gasteiger partial charge in [0.2, 0.25) is 5.91 Å². The normalized spacial score (nSPS) is 16.4. The van der Waals surface area contributed by atoms with Crippen LogP contribution in [0.5, 0.6) is 5.75 Å². The SMILES string of the molecule is C[C@H](NC(=O)Oc1ccccc1)C(=O)N1CCCCC1. The van der Waals surface area contributed by atoms with Gasteiger partial charge in [0.15, 0.2) is 0 Å². The van der Waals surface area contributed by atoms with Crippen LogP contribution in [0.4, 0.5) is 4.79 Å². The number of ether oxygens (including phenoxy) is 1. The average molecular weight is 276 g/mol. The number of nitrogens with zero attached hydrogens (tertiary/aromatic N) is 1. The molecule has 1 saturated heterocycles. The Balaban J connectivity index is 1.82. The Labute approximate surface area is 118 Å². The molecule has 0 unspecified atom stereocenters. The van der Waals surface area contributed by atoms with Crippen molar-refractivity contribution in [3.63, 3.8) is 0 Å². The number of nitrogens with one attached hydrogen (secondary N) is 1. The lowest BCUT2D eigenvalue weighted by Gasteiger charge is -2.29. The summed E-state index contributed by atoms with van der Waals surface area (Å²) in [5.41, 5.74) is 0. The molecule has 0 saturated carbocycles. The van der Waals surface area contributed by atoms with E-state index in [1.807, 2.05) is 6.07 Å². The zero-order chi connectivity index (χ0) is 14.4. The Morgan fingerprint density at radius 1 is 1.15 bits per heavy atom. The quantitative estimate of drug-likeness (QED) is 0.920. The molecule has 1 aliphatic rings. The molecule has 0 spiro atoms. The molecule has 108 valence electrons. The lowest BCUT2D eigenvalue weighted by Crippen LogP contribution is -2.49. The predicted octanol–water partition coefficient (Wildman–Crippen LogP) is 2.18. The maximum atomic E-state index is 12.1. The molecule has 5 nitrogen and oxygen atoms in total. The molecule has 1 atom stereocenters. The van der Waals surface area contributed by atoms with Crippen LogP contribution in [0.2, 0.25) is 0 Å².